The summed E-state index contributed by atoms with van der Waals surface area (Å²) in [5, 5.41) is 10.0. The molecule has 0 bridgehead atoms. The molecule has 0 unspecified atom stereocenters. The second-order valence-electron chi connectivity index (χ2n) is 6.76. The van der Waals surface area contributed by atoms with Crippen LogP contribution in [0, 0.1) is 0 Å². The fraction of sp³-hybridized carbons (Fsp3) is 0.238. The van der Waals surface area contributed by atoms with E-state index >= 15 is 0 Å². The number of fused-ring (bicyclic) bond motifs is 1. The number of hydrogen-bond donors (Lipinski definition) is 2. The van der Waals surface area contributed by atoms with Crippen LogP contribution in [0.2, 0.25) is 0 Å². The maximum Gasteiger partial charge on any atom is 0.307 e. The summed E-state index contributed by atoms with van der Waals surface area (Å²) in [7, 11) is 0. The molecule has 3 rings (SSSR count). The molecule has 2 aromatic carbocycles. The molecule has 5 nitrogen and oxygen atoms in total. The monoisotopic (exact) mass is 350 g/mol. The van der Waals surface area contributed by atoms with Gasteiger partial charge >= 0.3 is 5.97 Å². The molecular formula is C21H22N2O3. The molecule has 0 fully saturated rings. The molecule has 0 saturated heterocycles. The Morgan fingerprint density at radius 3 is 2.31 bits per heavy atom. The zero-order valence-electron chi connectivity index (χ0n) is 14.9. The van der Waals surface area contributed by atoms with E-state index in [0.717, 1.165) is 16.5 Å². The number of carboxylic acids is 1. The highest BCUT2D eigenvalue weighted by Gasteiger charge is 2.22. The van der Waals surface area contributed by atoms with Crippen molar-refractivity contribution in [2.45, 2.75) is 32.7 Å². The number of amides is 1. The van der Waals surface area contributed by atoms with E-state index < -0.39 is 11.9 Å². The predicted molar refractivity (Wildman–Crippen MR) is 101 cm³/mol. The Hall–Kier alpha value is -3.08. The zero-order valence-corrected chi connectivity index (χ0v) is 14.9. The quantitative estimate of drug-likeness (QED) is 0.713. The molecule has 5 heteroatoms. The van der Waals surface area contributed by atoms with Crippen molar-refractivity contribution in [3.05, 3.63) is 70.9 Å². The highest BCUT2D eigenvalue weighted by atomic mass is 16.4. The van der Waals surface area contributed by atoms with Crippen molar-refractivity contribution < 1.29 is 14.7 Å². The Morgan fingerprint density at radius 1 is 1.08 bits per heavy atom. The molecule has 1 aromatic heterocycles. The van der Waals surface area contributed by atoms with Crippen LogP contribution in [-0.4, -0.2) is 21.6 Å². The van der Waals surface area contributed by atoms with Gasteiger partial charge in [-0.2, -0.15) is 0 Å². The van der Waals surface area contributed by atoms with Gasteiger partial charge in [-0.25, -0.2) is 0 Å². The standard InChI is InChI=1S/C21H22N2O3/c1-13(2)15-9-7-14(8-10-15)12-23-18-6-4-3-5-16(18)17(11-19(24)25)20(23)21(22)26/h3-10,13H,11-12H2,1-2H3,(H2,22,26)(H,24,25). The first-order valence-electron chi connectivity index (χ1n) is 8.59. The van der Waals surface area contributed by atoms with Crippen molar-refractivity contribution in [1.82, 2.24) is 4.57 Å². The van der Waals surface area contributed by atoms with Crippen molar-refractivity contribution in [3.63, 3.8) is 0 Å². The van der Waals surface area contributed by atoms with E-state index in [4.69, 9.17) is 5.73 Å². The molecule has 0 radical (unpaired) electrons. The number of hydrogen-bond acceptors (Lipinski definition) is 2. The van der Waals surface area contributed by atoms with Gasteiger partial charge < -0.3 is 15.4 Å². The van der Waals surface area contributed by atoms with Crippen LogP contribution in [0.15, 0.2) is 48.5 Å². The molecule has 1 heterocycles. The minimum Gasteiger partial charge on any atom is -0.481 e. The van der Waals surface area contributed by atoms with E-state index in [1.54, 1.807) is 0 Å². The number of primary amides is 1. The van der Waals surface area contributed by atoms with Crippen LogP contribution in [0.3, 0.4) is 0 Å². The third-order valence-corrected chi connectivity index (χ3v) is 4.62. The molecule has 26 heavy (non-hydrogen) atoms. The van der Waals surface area contributed by atoms with Gasteiger partial charge in [-0.15, -0.1) is 0 Å². The number of carboxylic acid groups (broad SMARTS) is 1. The summed E-state index contributed by atoms with van der Waals surface area (Å²) in [6.07, 6.45) is -0.238. The van der Waals surface area contributed by atoms with Crippen molar-refractivity contribution in [3.8, 4) is 0 Å². The molecule has 134 valence electrons. The van der Waals surface area contributed by atoms with Gasteiger partial charge in [-0.3, -0.25) is 9.59 Å². The maximum atomic E-state index is 12.1. The molecule has 0 aliphatic carbocycles. The highest BCUT2D eigenvalue weighted by Crippen LogP contribution is 2.28. The second-order valence-corrected chi connectivity index (χ2v) is 6.76. The Balaban J connectivity index is 2.13. The minimum atomic E-state index is -0.989. The van der Waals surface area contributed by atoms with Gasteiger partial charge in [0, 0.05) is 23.0 Å². The lowest BCUT2D eigenvalue weighted by atomic mass is 10.0. The summed E-state index contributed by atoms with van der Waals surface area (Å²) in [4.78, 5) is 23.4. The summed E-state index contributed by atoms with van der Waals surface area (Å²) >= 11 is 0. The average Bonchev–Trinajstić information content (AvgIpc) is 2.89. The number of aliphatic carboxylic acids is 1. The Kier molecular flexibility index (Phi) is 4.80. The van der Waals surface area contributed by atoms with E-state index in [1.165, 1.54) is 5.56 Å². The van der Waals surface area contributed by atoms with Crippen molar-refractivity contribution in [2.24, 2.45) is 5.73 Å². The lowest BCUT2D eigenvalue weighted by molar-refractivity contribution is -0.136. The Bertz CT molecular complexity index is 969. The Labute approximate surface area is 152 Å². The van der Waals surface area contributed by atoms with Gasteiger partial charge in [0.2, 0.25) is 0 Å². The second kappa shape index (κ2) is 7.04. The number of nitrogens with zero attached hydrogens (tertiary/aromatic N) is 1. The first kappa shape index (κ1) is 17.7. The number of nitrogens with two attached hydrogens (primary N) is 1. The van der Waals surface area contributed by atoms with Gasteiger partial charge in [0.25, 0.3) is 5.91 Å². The SMILES string of the molecule is CC(C)c1ccc(Cn2c(C(N)=O)c(CC(=O)O)c3ccccc32)cc1. The fourth-order valence-corrected chi connectivity index (χ4v) is 3.34. The molecule has 3 N–H and O–H groups in total. The van der Waals surface area contributed by atoms with Crippen LogP contribution in [0.1, 0.15) is 46.9 Å². The zero-order chi connectivity index (χ0) is 18.8. The molecule has 0 saturated carbocycles. The summed E-state index contributed by atoms with van der Waals surface area (Å²) in [6, 6.07) is 15.6. The fourth-order valence-electron chi connectivity index (χ4n) is 3.34. The van der Waals surface area contributed by atoms with E-state index in [1.807, 2.05) is 41.0 Å². The largest absolute Gasteiger partial charge is 0.481 e. The van der Waals surface area contributed by atoms with Crippen LogP contribution in [0.25, 0.3) is 10.9 Å². The van der Waals surface area contributed by atoms with Crippen molar-refractivity contribution in [2.75, 3.05) is 0 Å². The number of aromatic nitrogens is 1. The van der Waals surface area contributed by atoms with Crippen molar-refractivity contribution in [1.29, 1.82) is 0 Å². The first-order chi connectivity index (χ1) is 12.4. The summed E-state index contributed by atoms with van der Waals surface area (Å²) < 4.78 is 1.82. The van der Waals surface area contributed by atoms with Crippen LogP contribution in [0.5, 0.6) is 0 Å². The van der Waals surface area contributed by atoms with Crippen molar-refractivity contribution >= 4 is 22.8 Å². The molecule has 0 aliphatic rings. The van der Waals surface area contributed by atoms with Crippen LogP contribution < -0.4 is 5.73 Å². The lowest BCUT2D eigenvalue weighted by Crippen LogP contribution is -2.20. The summed E-state index contributed by atoms with van der Waals surface area (Å²) in [5.41, 5.74) is 9.44. The van der Waals surface area contributed by atoms with Crippen LogP contribution in [0.4, 0.5) is 0 Å². The average molecular weight is 350 g/mol. The number of carbonyl (C=O) groups is 2. The number of benzene rings is 2. The molecule has 0 aliphatic heterocycles. The Morgan fingerprint density at radius 2 is 1.73 bits per heavy atom. The summed E-state index contributed by atoms with van der Waals surface area (Å²) in [6.45, 7) is 4.73. The van der Waals surface area contributed by atoms with E-state index in [-0.39, 0.29) is 12.1 Å². The molecule has 3 aromatic rings. The predicted octanol–water partition coefficient (Wildman–Crippen LogP) is 3.54. The maximum absolute atomic E-state index is 12.1. The highest BCUT2D eigenvalue weighted by molar-refractivity contribution is 6.02. The lowest BCUT2D eigenvalue weighted by Gasteiger charge is -2.11. The third kappa shape index (κ3) is 3.33. The summed E-state index contributed by atoms with van der Waals surface area (Å²) in [5.74, 6) is -1.16. The van der Waals surface area contributed by atoms with Gasteiger partial charge in [0.05, 0.1) is 6.42 Å². The van der Waals surface area contributed by atoms with Gasteiger partial charge in [0.1, 0.15) is 5.69 Å². The minimum absolute atomic E-state index is 0.238. The van der Waals surface area contributed by atoms with Crippen LogP contribution >= 0.6 is 0 Å². The normalized spacial score (nSPS) is 11.2. The number of para-hydroxylation sites is 1. The van der Waals surface area contributed by atoms with Gasteiger partial charge in [-0.05, 0) is 23.1 Å². The molecule has 1 amide bonds. The van der Waals surface area contributed by atoms with Crippen LogP contribution in [-0.2, 0) is 17.8 Å². The topological polar surface area (TPSA) is 85.3 Å². The van der Waals surface area contributed by atoms with Gasteiger partial charge in [-0.1, -0.05) is 56.3 Å². The van der Waals surface area contributed by atoms with E-state index in [0.29, 0.717) is 18.0 Å². The number of carbonyl (C=O) groups excluding carboxylic acids is 1. The third-order valence-electron chi connectivity index (χ3n) is 4.62. The number of rotatable bonds is 6. The van der Waals surface area contributed by atoms with Gasteiger partial charge in [0.15, 0.2) is 0 Å². The smallest absolute Gasteiger partial charge is 0.307 e. The first-order valence-corrected chi connectivity index (χ1v) is 8.59. The molecular weight excluding hydrogens is 328 g/mol. The van der Waals surface area contributed by atoms with E-state index in [2.05, 4.69) is 26.0 Å². The molecule has 0 spiro atoms. The van der Waals surface area contributed by atoms with E-state index in [9.17, 15) is 14.7 Å². The molecule has 0 atom stereocenters.